The molecule has 0 aromatic carbocycles. The average Bonchev–Trinajstić information content (AvgIpc) is 2.71. The molecule has 2 N–H and O–H groups in total. The number of nitrogens with two attached hydrogens (primary N) is 1. The minimum Gasteiger partial charge on any atom is -0.462 e. The summed E-state index contributed by atoms with van der Waals surface area (Å²) in [5.41, 5.74) is 0.0817. The van der Waals surface area contributed by atoms with Crippen LogP contribution in [0.5, 0.6) is 0 Å². The quantitative estimate of drug-likeness (QED) is 0.108. The summed E-state index contributed by atoms with van der Waals surface area (Å²) < 4.78 is 5.64. The van der Waals surface area contributed by atoms with Gasteiger partial charge in [-0.25, -0.2) is 5.01 Å². The maximum atomic E-state index is 12.4. The number of ether oxygens (including phenoxy) is 1. The predicted molar refractivity (Wildman–Crippen MR) is 137 cm³/mol. The van der Waals surface area contributed by atoms with Gasteiger partial charge in [0.1, 0.15) is 6.10 Å². The highest BCUT2D eigenvalue weighted by Crippen LogP contribution is 2.27. The molecule has 4 heteroatoms. The fourth-order valence-corrected chi connectivity index (χ4v) is 3.54. The zero-order chi connectivity index (χ0) is 24.3. The number of hydrogen-bond acceptors (Lipinski definition) is 4. The van der Waals surface area contributed by atoms with Crippen molar-refractivity contribution in [1.29, 1.82) is 0 Å². The van der Waals surface area contributed by atoms with Gasteiger partial charge in [0.25, 0.3) is 0 Å². The summed E-state index contributed by atoms with van der Waals surface area (Å²) in [5.74, 6) is 6.09. The third-order valence-electron chi connectivity index (χ3n) is 5.86. The van der Waals surface area contributed by atoms with Gasteiger partial charge in [-0.1, -0.05) is 87.0 Å². The summed E-state index contributed by atoms with van der Waals surface area (Å²) >= 11 is 0. The number of rotatable bonds is 17. The van der Waals surface area contributed by atoms with Crippen LogP contribution in [0.3, 0.4) is 0 Å². The summed E-state index contributed by atoms with van der Waals surface area (Å²) in [4.78, 5) is 12.4. The van der Waals surface area contributed by atoms with Gasteiger partial charge in [0.2, 0.25) is 0 Å². The molecule has 0 saturated carbocycles. The first-order valence-electron chi connectivity index (χ1n) is 13.2. The molecule has 4 nitrogen and oxygen atoms in total. The Bertz CT molecular complexity index is 412. The Labute approximate surface area is 196 Å². The minimum absolute atomic E-state index is 0.0400. The maximum absolute atomic E-state index is 12.4. The number of hydrazine groups is 1. The third-order valence-corrected chi connectivity index (χ3v) is 5.86. The van der Waals surface area contributed by atoms with Crippen LogP contribution in [0.25, 0.3) is 0 Å². The molecule has 0 saturated heterocycles. The van der Waals surface area contributed by atoms with Crippen molar-refractivity contribution >= 4 is 5.97 Å². The number of unbranched alkanes of at least 4 members (excludes halogenated alkanes) is 6. The Balaban J connectivity index is 0. The molecule has 0 aliphatic rings. The molecular weight excluding hydrogens is 384 g/mol. The van der Waals surface area contributed by atoms with Crippen molar-refractivity contribution in [2.75, 3.05) is 13.1 Å². The summed E-state index contributed by atoms with van der Waals surface area (Å²) in [6, 6.07) is 0. The van der Waals surface area contributed by atoms with Crippen LogP contribution >= 0.6 is 0 Å². The van der Waals surface area contributed by atoms with Crippen LogP contribution < -0.4 is 5.84 Å². The molecule has 0 amide bonds. The van der Waals surface area contributed by atoms with Gasteiger partial charge >= 0.3 is 5.97 Å². The number of carbonyl (C=O) groups excluding carboxylic acids is 1. The average molecular weight is 443 g/mol. The van der Waals surface area contributed by atoms with Crippen LogP contribution in [0.15, 0.2) is 0 Å². The molecule has 0 rings (SSSR count). The van der Waals surface area contributed by atoms with Gasteiger partial charge in [0.05, 0.1) is 5.41 Å². The van der Waals surface area contributed by atoms with Gasteiger partial charge < -0.3 is 4.74 Å². The fourth-order valence-electron chi connectivity index (χ4n) is 3.54. The van der Waals surface area contributed by atoms with Crippen LogP contribution in [0.4, 0.5) is 0 Å². The zero-order valence-corrected chi connectivity index (χ0v) is 22.8. The maximum Gasteiger partial charge on any atom is 0.311 e. The first-order valence-corrected chi connectivity index (χ1v) is 13.2. The summed E-state index contributed by atoms with van der Waals surface area (Å²) in [6.45, 7) is 21.1. The molecule has 0 spiro atoms. The Morgan fingerprint density at radius 2 is 1.19 bits per heavy atom. The van der Waals surface area contributed by atoms with E-state index in [0.29, 0.717) is 5.41 Å². The van der Waals surface area contributed by atoms with Crippen molar-refractivity contribution in [2.24, 2.45) is 16.7 Å². The predicted octanol–water partition coefficient (Wildman–Crippen LogP) is 7.89. The molecule has 0 fully saturated rings. The Morgan fingerprint density at radius 1 is 0.774 bits per heavy atom. The van der Waals surface area contributed by atoms with Gasteiger partial charge in [-0.2, -0.15) is 0 Å². The van der Waals surface area contributed by atoms with Crippen molar-refractivity contribution in [3.8, 4) is 0 Å². The molecule has 0 aromatic heterocycles. The van der Waals surface area contributed by atoms with E-state index < -0.39 is 0 Å². The lowest BCUT2D eigenvalue weighted by Crippen LogP contribution is -2.33. The number of esters is 1. The minimum atomic E-state index is -0.379. The van der Waals surface area contributed by atoms with E-state index in [2.05, 4.69) is 34.6 Å². The fraction of sp³-hybridized carbons (Fsp3) is 0.963. The van der Waals surface area contributed by atoms with Crippen LogP contribution in [0.2, 0.25) is 0 Å². The van der Waals surface area contributed by atoms with Crippen molar-refractivity contribution in [3.05, 3.63) is 0 Å². The Morgan fingerprint density at radius 3 is 1.61 bits per heavy atom. The van der Waals surface area contributed by atoms with Gasteiger partial charge in [0, 0.05) is 13.1 Å². The van der Waals surface area contributed by atoms with Crippen molar-refractivity contribution < 1.29 is 9.53 Å². The first kappa shape index (κ1) is 32.6. The lowest BCUT2D eigenvalue weighted by Gasteiger charge is -2.25. The van der Waals surface area contributed by atoms with E-state index >= 15 is 0 Å². The molecule has 0 aromatic rings. The molecule has 0 bridgehead atoms. The first-order chi connectivity index (χ1) is 14.5. The second-order valence-electron chi connectivity index (χ2n) is 10.7. The van der Waals surface area contributed by atoms with E-state index in [0.717, 1.165) is 51.6 Å². The van der Waals surface area contributed by atoms with Gasteiger partial charge in [-0.3, -0.25) is 10.6 Å². The second kappa shape index (κ2) is 18.9. The van der Waals surface area contributed by atoms with Crippen molar-refractivity contribution in [1.82, 2.24) is 5.01 Å². The third kappa shape index (κ3) is 19.8. The molecule has 0 radical (unpaired) electrons. The number of hydrogen-bond donors (Lipinski definition) is 1. The number of carbonyl (C=O) groups is 1. The summed E-state index contributed by atoms with van der Waals surface area (Å²) in [6.07, 6.45) is 13.7. The molecule has 0 atom stereocenters. The van der Waals surface area contributed by atoms with E-state index in [-0.39, 0.29) is 17.5 Å². The smallest absolute Gasteiger partial charge is 0.311 e. The van der Waals surface area contributed by atoms with Gasteiger partial charge in [-0.15, -0.1) is 0 Å². The second-order valence-corrected chi connectivity index (χ2v) is 10.7. The van der Waals surface area contributed by atoms with E-state index in [1.807, 2.05) is 32.7 Å². The molecule has 31 heavy (non-hydrogen) atoms. The Kier molecular flexibility index (Phi) is 19.9. The van der Waals surface area contributed by atoms with Crippen molar-refractivity contribution in [2.45, 2.75) is 145 Å². The van der Waals surface area contributed by atoms with E-state index in [9.17, 15) is 4.79 Å². The standard InChI is InChI=1S/C25H52N2O2.C2H6/c1-8-22(9-2)29-23(28)25(6,7)19-15-11-13-17-21-27(26)20-16-12-10-14-18-24(3,4)5;1-2/h22H,8-21,26H2,1-7H3;1-2H3. The monoisotopic (exact) mass is 442 g/mol. The van der Waals surface area contributed by atoms with Crippen molar-refractivity contribution in [3.63, 3.8) is 0 Å². The lowest BCUT2D eigenvalue weighted by atomic mass is 9.87. The zero-order valence-electron chi connectivity index (χ0n) is 22.8. The van der Waals surface area contributed by atoms with Crippen LogP contribution in [0, 0.1) is 10.8 Å². The molecule has 0 aliphatic carbocycles. The van der Waals surface area contributed by atoms with Crippen LogP contribution in [-0.4, -0.2) is 30.2 Å². The molecule has 0 heterocycles. The number of nitrogens with zero attached hydrogens (tertiary/aromatic N) is 1. The SMILES string of the molecule is CC.CCC(CC)OC(=O)C(C)(C)CCCCCCN(N)CCCCCCC(C)(C)C. The highest BCUT2D eigenvalue weighted by Gasteiger charge is 2.30. The van der Waals surface area contributed by atoms with E-state index in [1.54, 1.807) is 0 Å². The van der Waals surface area contributed by atoms with Crippen LogP contribution in [0.1, 0.15) is 139 Å². The normalized spacial score (nSPS) is 12.1. The molecular formula is C27H58N2O2. The lowest BCUT2D eigenvalue weighted by molar-refractivity contribution is -0.160. The molecule has 0 unspecified atom stereocenters. The van der Waals surface area contributed by atoms with Crippen LogP contribution in [-0.2, 0) is 9.53 Å². The topological polar surface area (TPSA) is 55.6 Å². The molecule has 188 valence electrons. The highest BCUT2D eigenvalue weighted by atomic mass is 16.5. The highest BCUT2D eigenvalue weighted by molar-refractivity contribution is 5.76. The Hall–Kier alpha value is -0.610. The largest absolute Gasteiger partial charge is 0.462 e. The van der Waals surface area contributed by atoms with E-state index in [4.69, 9.17) is 10.6 Å². The summed E-state index contributed by atoms with van der Waals surface area (Å²) in [7, 11) is 0. The van der Waals surface area contributed by atoms with Gasteiger partial charge in [-0.05, 0) is 57.8 Å². The molecule has 0 aliphatic heterocycles. The summed E-state index contributed by atoms with van der Waals surface area (Å²) in [5, 5.41) is 1.99. The van der Waals surface area contributed by atoms with E-state index in [1.165, 1.54) is 38.5 Å². The van der Waals surface area contributed by atoms with Gasteiger partial charge in [0.15, 0.2) is 0 Å².